The zero-order valence-electron chi connectivity index (χ0n) is 10.2. The molecule has 0 radical (unpaired) electrons. The zero-order chi connectivity index (χ0) is 12.5. The van der Waals surface area contributed by atoms with Gasteiger partial charge in [-0.1, -0.05) is 0 Å². The van der Waals surface area contributed by atoms with Gasteiger partial charge in [-0.3, -0.25) is 9.57 Å². The van der Waals surface area contributed by atoms with Crippen LogP contribution in [0, 0.1) is 10.7 Å². The molecule has 0 aromatic heterocycles. The second-order valence-electron chi connectivity index (χ2n) is 4.96. The van der Waals surface area contributed by atoms with Gasteiger partial charge in [-0.05, 0) is 19.3 Å². The number of hydrogen-bond donors (Lipinski definition) is 1. The van der Waals surface area contributed by atoms with Crippen molar-refractivity contribution in [1.82, 2.24) is 4.90 Å². The lowest BCUT2D eigenvalue weighted by molar-refractivity contribution is -0.138. The average Bonchev–Trinajstić information content (AvgIpc) is 2.69. The molecule has 17 heavy (non-hydrogen) atoms. The van der Waals surface area contributed by atoms with E-state index in [4.69, 9.17) is 9.52 Å². The summed E-state index contributed by atoms with van der Waals surface area (Å²) >= 11 is 0. The van der Waals surface area contributed by atoms with E-state index < -0.39 is 9.73 Å². The highest BCUT2D eigenvalue weighted by Crippen LogP contribution is 2.22. The summed E-state index contributed by atoms with van der Waals surface area (Å²) < 4.78 is 24.4. The molecule has 0 aliphatic carbocycles. The Kier molecular flexibility index (Phi) is 3.73. The molecule has 5 nitrogen and oxygen atoms in total. The fourth-order valence-corrected chi connectivity index (χ4v) is 4.35. The molecule has 2 atom stereocenters. The lowest BCUT2D eigenvalue weighted by atomic mass is 9.98. The van der Waals surface area contributed by atoms with E-state index in [1.165, 1.54) is 0 Å². The fraction of sp³-hybridized carbons (Fsp3) is 0.909. The van der Waals surface area contributed by atoms with Crippen LogP contribution in [-0.4, -0.2) is 52.8 Å². The molecule has 2 fully saturated rings. The van der Waals surface area contributed by atoms with E-state index in [2.05, 4.69) is 0 Å². The molecule has 98 valence electrons. The molecule has 0 aromatic carbocycles. The van der Waals surface area contributed by atoms with Crippen molar-refractivity contribution in [2.45, 2.75) is 25.3 Å². The molecule has 1 amide bonds. The lowest BCUT2D eigenvalue weighted by Gasteiger charge is -2.30. The summed E-state index contributed by atoms with van der Waals surface area (Å²) in [7, 11) is -0.642. The largest absolute Gasteiger partial charge is 0.381 e. The quantitative estimate of drug-likeness (QED) is 0.794. The van der Waals surface area contributed by atoms with Crippen molar-refractivity contribution in [3.63, 3.8) is 0 Å². The van der Waals surface area contributed by atoms with Gasteiger partial charge in [0.1, 0.15) is 0 Å². The van der Waals surface area contributed by atoms with E-state index in [1.807, 2.05) is 0 Å². The molecular weight excluding hydrogens is 240 g/mol. The average molecular weight is 260 g/mol. The number of hydrogen-bond acceptors (Lipinski definition) is 4. The van der Waals surface area contributed by atoms with Crippen LogP contribution in [-0.2, 0) is 19.3 Å². The molecule has 2 saturated heterocycles. The number of rotatable bonds is 2. The van der Waals surface area contributed by atoms with E-state index in [9.17, 15) is 9.00 Å². The number of carbonyl (C=O) groups excluding carboxylic acids is 1. The Morgan fingerprint density at radius 3 is 2.53 bits per heavy atom. The van der Waals surface area contributed by atoms with Crippen LogP contribution in [0.3, 0.4) is 0 Å². The summed E-state index contributed by atoms with van der Waals surface area (Å²) in [6.45, 7) is 1.31. The Bertz CT molecular complexity index is 388. The van der Waals surface area contributed by atoms with E-state index in [1.54, 1.807) is 11.9 Å². The van der Waals surface area contributed by atoms with Gasteiger partial charge in [0.15, 0.2) is 0 Å². The molecule has 1 N–H and O–H groups in total. The Labute approximate surface area is 102 Å². The third-order valence-corrected chi connectivity index (χ3v) is 5.53. The highest BCUT2D eigenvalue weighted by molar-refractivity contribution is 7.92. The molecule has 0 saturated carbocycles. The fourth-order valence-electron chi connectivity index (χ4n) is 2.52. The highest BCUT2D eigenvalue weighted by atomic mass is 32.2. The maximum Gasteiger partial charge on any atom is 0.225 e. The van der Waals surface area contributed by atoms with Crippen LogP contribution in [0.5, 0.6) is 0 Å². The van der Waals surface area contributed by atoms with E-state index in [0.717, 1.165) is 12.8 Å². The van der Waals surface area contributed by atoms with Crippen molar-refractivity contribution in [1.29, 1.82) is 4.78 Å². The summed E-state index contributed by atoms with van der Waals surface area (Å²) in [5.41, 5.74) is 0. The van der Waals surface area contributed by atoms with Crippen molar-refractivity contribution >= 4 is 15.6 Å². The first-order chi connectivity index (χ1) is 7.99. The molecule has 2 rings (SSSR count). The molecule has 0 bridgehead atoms. The van der Waals surface area contributed by atoms with Gasteiger partial charge in [0, 0.05) is 47.7 Å². The van der Waals surface area contributed by atoms with Crippen molar-refractivity contribution in [2.24, 2.45) is 5.92 Å². The Hall–Kier alpha value is -0.620. The summed E-state index contributed by atoms with van der Waals surface area (Å²) in [5.74, 6) is 0.966. The SMILES string of the molecule is CN(C(=O)C1CCOCC1)C1CCS(=N)(=O)C1. The predicted octanol–water partition coefficient (Wildman–Crippen LogP) is 0.690. The highest BCUT2D eigenvalue weighted by Gasteiger charge is 2.33. The smallest absolute Gasteiger partial charge is 0.225 e. The lowest BCUT2D eigenvalue weighted by Crippen LogP contribution is -2.42. The van der Waals surface area contributed by atoms with E-state index in [0.29, 0.717) is 31.1 Å². The van der Waals surface area contributed by atoms with E-state index in [-0.39, 0.29) is 17.9 Å². The van der Waals surface area contributed by atoms with Crippen molar-refractivity contribution in [3.05, 3.63) is 0 Å². The van der Waals surface area contributed by atoms with Crippen LogP contribution < -0.4 is 0 Å². The van der Waals surface area contributed by atoms with Crippen LogP contribution in [0.1, 0.15) is 19.3 Å². The van der Waals surface area contributed by atoms with Gasteiger partial charge >= 0.3 is 0 Å². The van der Waals surface area contributed by atoms with Gasteiger partial charge < -0.3 is 9.64 Å². The molecular formula is C11H20N2O3S. The summed E-state index contributed by atoms with van der Waals surface area (Å²) in [6.07, 6.45) is 2.27. The van der Waals surface area contributed by atoms with Crippen molar-refractivity contribution in [3.8, 4) is 0 Å². The van der Waals surface area contributed by atoms with Gasteiger partial charge in [-0.25, -0.2) is 4.21 Å². The number of ether oxygens (including phenoxy) is 1. The van der Waals surface area contributed by atoms with Crippen molar-refractivity contribution < 1.29 is 13.7 Å². The standard InChI is InChI=1S/C11H20N2O3S/c1-13(10-4-7-17(12,15)8-10)11(14)9-2-5-16-6-3-9/h9-10,12H,2-8H2,1H3. The van der Waals surface area contributed by atoms with Gasteiger partial charge in [0.2, 0.25) is 5.91 Å². The molecule has 2 aliphatic heterocycles. The topological polar surface area (TPSA) is 70.5 Å². The third-order valence-electron chi connectivity index (χ3n) is 3.71. The molecule has 0 spiro atoms. The monoisotopic (exact) mass is 260 g/mol. The molecule has 2 unspecified atom stereocenters. The van der Waals surface area contributed by atoms with Crippen LogP contribution in [0.25, 0.3) is 0 Å². The van der Waals surface area contributed by atoms with Gasteiger partial charge in [-0.2, -0.15) is 0 Å². The van der Waals surface area contributed by atoms with Crippen LogP contribution in [0.2, 0.25) is 0 Å². The minimum Gasteiger partial charge on any atom is -0.381 e. The van der Waals surface area contributed by atoms with Gasteiger partial charge in [-0.15, -0.1) is 0 Å². The summed E-state index contributed by atoms with van der Waals surface area (Å²) in [5, 5.41) is 0. The third kappa shape index (κ3) is 2.98. The van der Waals surface area contributed by atoms with Crippen LogP contribution >= 0.6 is 0 Å². The first-order valence-corrected chi connectivity index (χ1v) is 7.98. The number of amides is 1. The second kappa shape index (κ2) is 4.94. The van der Waals surface area contributed by atoms with Crippen LogP contribution in [0.15, 0.2) is 0 Å². The zero-order valence-corrected chi connectivity index (χ0v) is 11.0. The molecule has 0 aromatic rings. The molecule has 2 aliphatic rings. The molecule has 6 heteroatoms. The minimum absolute atomic E-state index is 0.00431. The maximum atomic E-state index is 12.2. The predicted molar refractivity (Wildman–Crippen MR) is 65.3 cm³/mol. The maximum absolute atomic E-state index is 12.2. The van der Waals surface area contributed by atoms with Crippen LogP contribution in [0.4, 0.5) is 0 Å². The second-order valence-corrected chi connectivity index (χ2v) is 7.33. The Morgan fingerprint density at radius 2 is 2.00 bits per heavy atom. The Balaban J connectivity index is 1.95. The van der Waals surface area contributed by atoms with Crippen molar-refractivity contribution in [2.75, 3.05) is 31.8 Å². The summed E-state index contributed by atoms with van der Waals surface area (Å²) in [4.78, 5) is 13.9. The van der Waals surface area contributed by atoms with Gasteiger partial charge in [0.25, 0.3) is 0 Å². The number of nitrogens with zero attached hydrogens (tertiary/aromatic N) is 1. The summed E-state index contributed by atoms with van der Waals surface area (Å²) in [6, 6.07) is -0.00431. The first kappa shape index (κ1) is 12.8. The first-order valence-electron chi connectivity index (χ1n) is 6.08. The normalized spacial score (nSPS) is 34.8. The number of nitrogens with one attached hydrogen (secondary N) is 1. The Morgan fingerprint density at radius 1 is 1.35 bits per heavy atom. The van der Waals surface area contributed by atoms with Gasteiger partial charge in [0.05, 0.1) is 5.75 Å². The number of carbonyl (C=O) groups is 1. The minimum atomic E-state index is -2.42. The molecule has 2 heterocycles. The van der Waals surface area contributed by atoms with E-state index >= 15 is 0 Å².